The van der Waals surface area contributed by atoms with Crippen molar-refractivity contribution < 1.29 is 4.92 Å². The van der Waals surface area contributed by atoms with E-state index in [9.17, 15) is 10.1 Å². The third-order valence-corrected chi connectivity index (χ3v) is 3.53. The fourth-order valence-electron chi connectivity index (χ4n) is 2.33. The normalized spacial score (nSPS) is 16.4. The summed E-state index contributed by atoms with van der Waals surface area (Å²) in [4.78, 5) is 10.5. The number of nitro groups is 1. The van der Waals surface area contributed by atoms with Crippen LogP contribution in [0.5, 0.6) is 0 Å². The first kappa shape index (κ1) is 12.9. The van der Waals surface area contributed by atoms with Gasteiger partial charge in [-0.2, -0.15) is 0 Å². The molecule has 98 valence electrons. The van der Waals surface area contributed by atoms with E-state index in [1.807, 2.05) is 13.0 Å². The molecular formula is C14H20N2O2. The first-order chi connectivity index (χ1) is 8.47. The molecule has 1 N–H and O–H groups in total. The quantitative estimate of drug-likeness (QED) is 0.636. The van der Waals surface area contributed by atoms with Gasteiger partial charge in [-0.3, -0.25) is 10.1 Å². The molecule has 0 aliphatic heterocycles. The molecule has 2 rings (SSSR count). The van der Waals surface area contributed by atoms with Crippen LogP contribution in [0.15, 0.2) is 12.1 Å². The Labute approximate surface area is 108 Å². The maximum absolute atomic E-state index is 10.8. The number of hydrogen-bond donors (Lipinski definition) is 1. The molecule has 1 unspecified atom stereocenters. The van der Waals surface area contributed by atoms with E-state index in [1.165, 1.54) is 19.3 Å². The maximum atomic E-state index is 10.8. The van der Waals surface area contributed by atoms with Crippen LogP contribution in [0.4, 0.5) is 11.4 Å². The van der Waals surface area contributed by atoms with Crippen LogP contribution >= 0.6 is 0 Å². The van der Waals surface area contributed by atoms with Crippen molar-refractivity contribution >= 4 is 11.4 Å². The lowest BCUT2D eigenvalue weighted by molar-refractivity contribution is -0.385. The van der Waals surface area contributed by atoms with Crippen LogP contribution in [0.1, 0.15) is 37.3 Å². The third-order valence-electron chi connectivity index (χ3n) is 3.53. The Kier molecular flexibility index (Phi) is 3.55. The van der Waals surface area contributed by atoms with Crippen molar-refractivity contribution in [1.29, 1.82) is 0 Å². The summed E-state index contributed by atoms with van der Waals surface area (Å²) in [5.41, 5.74) is 2.88. The van der Waals surface area contributed by atoms with Gasteiger partial charge in [0.25, 0.3) is 5.69 Å². The lowest BCUT2D eigenvalue weighted by Crippen LogP contribution is -2.16. The van der Waals surface area contributed by atoms with E-state index in [0.29, 0.717) is 11.6 Å². The van der Waals surface area contributed by atoms with Crippen LogP contribution in [0.25, 0.3) is 0 Å². The first-order valence-corrected chi connectivity index (χ1v) is 6.49. The second-order valence-corrected chi connectivity index (χ2v) is 5.44. The Morgan fingerprint density at radius 3 is 2.61 bits per heavy atom. The van der Waals surface area contributed by atoms with Crippen LogP contribution in [-0.4, -0.2) is 11.0 Å². The summed E-state index contributed by atoms with van der Waals surface area (Å²) in [7, 11) is 0. The Morgan fingerprint density at radius 1 is 1.39 bits per heavy atom. The molecule has 1 aliphatic rings. The van der Waals surface area contributed by atoms with Gasteiger partial charge < -0.3 is 5.32 Å². The largest absolute Gasteiger partial charge is 0.382 e. The second-order valence-electron chi connectivity index (χ2n) is 5.44. The van der Waals surface area contributed by atoms with E-state index >= 15 is 0 Å². The summed E-state index contributed by atoms with van der Waals surface area (Å²) in [5, 5.41) is 14.3. The molecule has 1 saturated carbocycles. The molecule has 4 nitrogen and oxygen atoms in total. The van der Waals surface area contributed by atoms with Gasteiger partial charge >= 0.3 is 0 Å². The highest BCUT2D eigenvalue weighted by Crippen LogP contribution is 2.34. The molecule has 0 amide bonds. The molecule has 4 heteroatoms. The smallest absolute Gasteiger partial charge is 0.272 e. The van der Waals surface area contributed by atoms with Crippen LogP contribution in [0, 0.1) is 29.9 Å². The third kappa shape index (κ3) is 3.00. The van der Waals surface area contributed by atoms with Gasteiger partial charge in [0.05, 0.1) is 4.92 Å². The predicted molar refractivity (Wildman–Crippen MR) is 73.0 cm³/mol. The molecule has 1 atom stereocenters. The minimum absolute atomic E-state index is 0.202. The molecular weight excluding hydrogens is 228 g/mol. The van der Waals surface area contributed by atoms with Crippen molar-refractivity contribution in [1.82, 2.24) is 0 Å². The first-order valence-electron chi connectivity index (χ1n) is 6.49. The SMILES string of the molecule is Cc1cc([N+](=O)[O-])c(C)cc1NC(C)CC1CC1. The van der Waals surface area contributed by atoms with Crippen molar-refractivity contribution in [2.45, 2.75) is 46.1 Å². The van der Waals surface area contributed by atoms with E-state index in [4.69, 9.17) is 0 Å². The summed E-state index contributed by atoms with van der Waals surface area (Å²) in [6.45, 7) is 5.88. The van der Waals surface area contributed by atoms with Crippen LogP contribution < -0.4 is 5.32 Å². The minimum atomic E-state index is -0.320. The monoisotopic (exact) mass is 248 g/mol. The topological polar surface area (TPSA) is 55.2 Å². The summed E-state index contributed by atoms with van der Waals surface area (Å²) in [6.07, 6.45) is 3.89. The van der Waals surface area contributed by atoms with Gasteiger partial charge in [-0.05, 0) is 44.7 Å². The number of nitrogens with one attached hydrogen (secondary N) is 1. The molecule has 0 radical (unpaired) electrons. The summed E-state index contributed by atoms with van der Waals surface area (Å²) >= 11 is 0. The number of aryl methyl sites for hydroxylation is 2. The zero-order chi connectivity index (χ0) is 13.3. The van der Waals surface area contributed by atoms with Crippen molar-refractivity contribution in [3.8, 4) is 0 Å². The van der Waals surface area contributed by atoms with Gasteiger partial charge in [0, 0.05) is 23.4 Å². The number of nitrogens with zero attached hydrogens (tertiary/aromatic N) is 1. The highest BCUT2D eigenvalue weighted by Gasteiger charge is 2.24. The molecule has 1 aliphatic carbocycles. The van der Waals surface area contributed by atoms with Gasteiger partial charge in [-0.15, -0.1) is 0 Å². The van der Waals surface area contributed by atoms with Gasteiger partial charge in [0.2, 0.25) is 0 Å². The lowest BCUT2D eigenvalue weighted by atomic mass is 10.1. The highest BCUT2D eigenvalue weighted by molar-refractivity contribution is 5.59. The standard InChI is InChI=1S/C14H20N2O2/c1-9-7-14(16(17)18)10(2)6-13(9)15-11(3)8-12-4-5-12/h6-7,11-12,15H,4-5,8H2,1-3H3. The fourth-order valence-corrected chi connectivity index (χ4v) is 2.33. The van der Waals surface area contributed by atoms with E-state index in [0.717, 1.165) is 17.2 Å². The Hall–Kier alpha value is -1.58. The fraction of sp³-hybridized carbons (Fsp3) is 0.571. The molecule has 18 heavy (non-hydrogen) atoms. The summed E-state index contributed by atoms with van der Waals surface area (Å²) < 4.78 is 0. The average Bonchev–Trinajstić information content (AvgIpc) is 3.06. The molecule has 0 heterocycles. The minimum Gasteiger partial charge on any atom is -0.382 e. The van der Waals surface area contributed by atoms with E-state index < -0.39 is 0 Å². The Morgan fingerprint density at radius 2 is 2.06 bits per heavy atom. The maximum Gasteiger partial charge on any atom is 0.272 e. The molecule has 1 aromatic carbocycles. The van der Waals surface area contributed by atoms with Gasteiger partial charge in [-0.25, -0.2) is 0 Å². The van der Waals surface area contributed by atoms with Gasteiger partial charge in [-0.1, -0.05) is 12.8 Å². The van der Waals surface area contributed by atoms with E-state index in [2.05, 4.69) is 12.2 Å². The van der Waals surface area contributed by atoms with Crippen molar-refractivity contribution in [3.05, 3.63) is 33.4 Å². The molecule has 0 aromatic heterocycles. The molecule has 1 aromatic rings. The average molecular weight is 248 g/mol. The van der Waals surface area contributed by atoms with E-state index in [-0.39, 0.29) is 10.6 Å². The van der Waals surface area contributed by atoms with Crippen molar-refractivity contribution in [2.75, 3.05) is 5.32 Å². The summed E-state index contributed by atoms with van der Waals surface area (Å²) in [6, 6.07) is 3.97. The number of anilines is 1. The highest BCUT2D eigenvalue weighted by atomic mass is 16.6. The zero-order valence-corrected chi connectivity index (χ0v) is 11.2. The number of nitro benzene ring substituents is 1. The van der Waals surface area contributed by atoms with Crippen LogP contribution in [0.3, 0.4) is 0 Å². The second kappa shape index (κ2) is 4.96. The van der Waals surface area contributed by atoms with Crippen molar-refractivity contribution in [2.24, 2.45) is 5.92 Å². The number of benzene rings is 1. The van der Waals surface area contributed by atoms with Crippen LogP contribution in [-0.2, 0) is 0 Å². The summed E-state index contributed by atoms with van der Waals surface area (Å²) in [5.74, 6) is 0.881. The Balaban J connectivity index is 2.12. The molecule has 1 fully saturated rings. The lowest BCUT2D eigenvalue weighted by Gasteiger charge is -2.17. The predicted octanol–water partition coefficient (Wildman–Crippen LogP) is 3.81. The molecule has 0 bridgehead atoms. The Bertz CT molecular complexity index is 467. The van der Waals surface area contributed by atoms with Gasteiger partial charge in [0.15, 0.2) is 0 Å². The number of hydrogen-bond acceptors (Lipinski definition) is 3. The van der Waals surface area contributed by atoms with Crippen molar-refractivity contribution in [3.63, 3.8) is 0 Å². The molecule has 0 saturated heterocycles. The molecule has 0 spiro atoms. The van der Waals surface area contributed by atoms with Gasteiger partial charge in [0.1, 0.15) is 0 Å². The number of rotatable bonds is 5. The zero-order valence-electron chi connectivity index (χ0n) is 11.2. The van der Waals surface area contributed by atoms with Crippen LogP contribution in [0.2, 0.25) is 0 Å². The van der Waals surface area contributed by atoms with E-state index in [1.54, 1.807) is 13.0 Å².